The smallest absolute Gasteiger partial charge is 0.409 e. The van der Waals surface area contributed by atoms with E-state index >= 15 is 0 Å². The number of carbonyl (C=O) groups is 1. The third-order valence-corrected chi connectivity index (χ3v) is 0.991. The molecule has 0 saturated carbocycles. The molecule has 1 amide bonds. The molecular formula is C6H11F2NO2. The molecular weight excluding hydrogens is 156 g/mol. The first-order valence-corrected chi connectivity index (χ1v) is 3.24. The molecule has 0 aliphatic heterocycles. The summed E-state index contributed by atoms with van der Waals surface area (Å²) in [6, 6.07) is 0. The Morgan fingerprint density at radius 2 is 2.18 bits per heavy atom. The van der Waals surface area contributed by atoms with Crippen molar-refractivity contribution in [3.63, 3.8) is 0 Å². The Bertz CT molecular complexity index is 130. The minimum atomic E-state index is -2.51. The van der Waals surface area contributed by atoms with Crippen molar-refractivity contribution in [2.24, 2.45) is 0 Å². The number of halogens is 2. The Morgan fingerprint density at radius 1 is 1.64 bits per heavy atom. The van der Waals surface area contributed by atoms with Crippen molar-refractivity contribution < 1.29 is 18.3 Å². The van der Waals surface area contributed by atoms with Crippen molar-refractivity contribution in [2.75, 3.05) is 20.2 Å². The van der Waals surface area contributed by atoms with E-state index in [2.05, 4.69) is 4.74 Å². The lowest BCUT2D eigenvalue weighted by Crippen LogP contribution is -2.31. The average Bonchev–Trinajstić information content (AvgIpc) is 1.86. The van der Waals surface area contributed by atoms with Gasteiger partial charge in [-0.2, -0.15) is 0 Å². The van der Waals surface area contributed by atoms with Gasteiger partial charge in [-0.25, -0.2) is 13.6 Å². The Balaban J connectivity index is 3.64. The minimum absolute atomic E-state index is 0.201. The van der Waals surface area contributed by atoms with E-state index < -0.39 is 19.1 Å². The summed E-state index contributed by atoms with van der Waals surface area (Å²) >= 11 is 0. The first-order chi connectivity index (χ1) is 5.07. The average molecular weight is 167 g/mol. The Labute approximate surface area is 63.9 Å². The summed E-state index contributed by atoms with van der Waals surface area (Å²) in [5.41, 5.74) is 0. The molecule has 0 spiro atoms. The minimum Gasteiger partial charge on any atom is -0.450 e. The van der Waals surface area contributed by atoms with Crippen molar-refractivity contribution in [3.8, 4) is 0 Å². The van der Waals surface area contributed by atoms with Crippen LogP contribution < -0.4 is 0 Å². The zero-order valence-corrected chi connectivity index (χ0v) is 6.51. The van der Waals surface area contributed by atoms with Crippen LogP contribution in [0.4, 0.5) is 13.6 Å². The Morgan fingerprint density at radius 3 is 2.55 bits per heavy atom. The lowest BCUT2D eigenvalue weighted by Gasteiger charge is -2.14. The summed E-state index contributed by atoms with van der Waals surface area (Å²) in [7, 11) is 1.27. The van der Waals surface area contributed by atoms with Gasteiger partial charge in [-0.1, -0.05) is 0 Å². The lowest BCUT2D eigenvalue weighted by molar-refractivity contribution is 0.0736. The molecule has 0 heterocycles. The quantitative estimate of drug-likeness (QED) is 0.634. The van der Waals surface area contributed by atoms with E-state index in [9.17, 15) is 13.6 Å². The van der Waals surface area contributed by atoms with Crippen LogP contribution in [0.1, 0.15) is 6.92 Å². The normalized spacial score (nSPS) is 9.91. The number of nitrogens with zero attached hydrogens (tertiary/aromatic N) is 1. The molecule has 0 atom stereocenters. The molecule has 0 saturated heterocycles. The molecule has 0 fully saturated rings. The molecule has 11 heavy (non-hydrogen) atoms. The van der Waals surface area contributed by atoms with Gasteiger partial charge in [0, 0.05) is 7.05 Å². The molecule has 0 N–H and O–H groups in total. The Kier molecular flexibility index (Phi) is 4.49. The third kappa shape index (κ3) is 4.52. The van der Waals surface area contributed by atoms with Gasteiger partial charge >= 0.3 is 6.09 Å². The maximum absolute atomic E-state index is 11.6. The summed E-state index contributed by atoms with van der Waals surface area (Å²) in [6.07, 6.45) is -3.22. The number of amides is 1. The lowest BCUT2D eigenvalue weighted by atomic mass is 10.6. The van der Waals surface area contributed by atoms with E-state index in [1.807, 2.05) is 0 Å². The van der Waals surface area contributed by atoms with Crippen LogP contribution in [0.2, 0.25) is 0 Å². The second-order valence-electron chi connectivity index (χ2n) is 1.97. The monoisotopic (exact) mass is 167 g/mol. The highest BCUT2D eigenvalue weighted by Crippen LogP contribution is 1.97. The Hall–Kier alpha value is -0.870. The van der Waals surface area contributed by atoms with Crippen molar-refractivity contribution >= 4 is 6.09 Å². The molecule has 0 radical (unpaired) electrons. The van der Waals surface area contributed by atoms with E-state index in [-0.39, 0.29) is 6.61 Å². The second-order valence-corrected chi connectivity index (χ2v) is 1.97. The molecule has 3 nitrogen and oxygen atoms in total. The second kappa shape index (κ2) is 4.87. The molecule has 0 rings (SSSR count). The van der Waals surface area contributed by atoms with Crippen LogP contribution in [-0.4, -0.2) is 37.6 Å². The standard InChI is InChI=1S/C6H11F2NO2/c1-3-11-6(10)9(2)4-5(7)8/h5H,3-4H2,1-2H3. The molecule has 0 aromatic rings. The van der Waals surface area contributed by atoms with Gasteiger partial charge in [0.05, 0.1) is 13.2 Å². The molecule has 0 bridgehead atoms. The van der Waals surface area contributed by atoms with Gasteiger partial charge in [0.15, 0.2) is 0 Å². The maximum atomic E-state index is 11.6. The van der Waals surface area contributed by atoms with E-state index in [1.54, 1.807) is 6.92 Å². The van der Waals surface area contributed by atoms with E-state index in [4.69, 9.17) is 0 Å². The summed E-state index contributed by atoms with van der Waals surface area (Å²) < 4.78 is 27.7. The highest BCUT2D eigenvalue weighted by Gasteiger charge is 2.13. The van der Waals surface area contributed by atoms with Crippen LogP contribution in [0.15, 0.2) is 0 Å². The predicted molar refractivity (Wildman–Crippen MR) is 35.7 cm³/mol. The van der Waals surface area contributed by atoms with Crippen LogP contribution in [-0.2, 0) is 4.74 Å². The van der Waals surface area contributed by atoms with Crippen LogP contribution in [0.25, 0.3) is 0 Å². The molecule has 0 aromatic heterocycles. The van der Waals surface area contributed by atoms with Gasteiger partial charge < -0.3 is 9.64 Å². The number of ether oxygens (including phenoxy) is 1. The predicted octanol–water partition coefficient (Wildman–Crippen LogP) is 1.34. The molecule has 0 aromatic carbocycles. The SMILES string of the molecule is CCOC(=O)N(C)CC(F)F. The van der Waals surface area contributed by atoms with E-state index in [0.717, 1.165) is 4.90 Å². The van der Waals surface area contributed by atoms with Crippen LogP contribution >= 0.6 is 0 Å². The zero-order valence-electron chi connectivity index (χ0n) is 6.51. The number of hydrogen-bond donors (Lipinski definition) is 0. The van der Waals surface area contributed by atoms with Crippen molar-refractivity contribution in [1.82, 2.24) is 4.90 Å². The molecule has 0 unspecified atom stereocenters. The molecule has 5 heteroatoms. The van der Waals surface area contributed by atoms with Gasteiger partial charge in [0.2, 0.25) is 0 Å². The number of carbonyl (C=O) groups excluding carboxylic acids is 1. The van der Waals surface area contributed by atoms with Crippen molar-refractivity contribution in [3.05, 3.63) is 0 Å². The number of hydrogen-bond acceptors (Lipinski definition) is 2. The highest BCUT2D eigenvalue weighted by molar-refractivity contribution is 5.67. The van der Waals surface area contributed by atoms with Gasteiger partial charge in [0.1, 0.15) is 0 Å². The third-order valence-electron chi connectivity index (χ3n) is 0.991. The first-order valence-electron chi connectivity index (χ1n) is 3.24. The van der Waals surface area contributed by atoms with Crippen molar-refractivity contribution in [1.29, 1.82) is 0 Å². The summed E-state index contributed by atoms with van der Waals surface area (Å²) in [5, 5.41) is 0. The van der Waals surface area contributed by atoms with Crippen LogP contribution in [0.5, 0.6) is 0 Å². The van der Waals surface area contributed by atoms with Gasteiger partial charge in [0.25, 0.3) is 6.43 Å². The highest BCUT2D eigenvalue weighted by atomic mass is 19.3. The van der Waals surface area contributed by atoms with Crippen molar-refractivity contribution in [2.45, 2.75) is 13.3 Å². The van der Waals surface area contributed by atoms with E-state index in [1.165, 1.54) is 7.05 Å². The fourth-order valence-corrected chi connectivity index (χ4v) is 0.515. The topological polar surface area (TPSA) is 29.5 Å². The first kappa shape index (κ1) is 10.1. The molecule has 0 aliphatic rings. The van der Waals surface area contributed by atoms with Gasteiger partial charge in [-0.05, 0) is 6.92 Å². The van der Waals surface area contributed by atoms with E-state index in [0.29, 0.717) is 0 Å². The fourth-order valence-electron chi connectivity index (χ4n) is 0.515. The maximum Gasteiger partial charge on any atom is 0.409 e. The zero-order chi connectivity index (χ0) is 8.85. The number of alkyl halides is 2. The molecule has 0 aliphatic carbocycles. The largest absolute Gasteiger partial charge is 0.450 e. The molecule has 66 valence electrons. The van der Waals surface area contributed by atoms with Crippen LogP contribution in [0.3, 0.4) is 0 Å². The number of rotatable bonds is 3. The summed E-state index contributed by atoms with van der Waals surface area (Å²) in [6.45, 7) is 1.24. The van der Waals surface area contributed by atoms with Gasteiger partial charge in [-0.3, -0.25) is 0 Å². The summed E-state index contributed by atoms with van der Waals surface area (Å²) in [5.74, 6) is 0. The van der Waals surface area contributed by atoms with Crippen LogP contribution in [0, 0.1) is 0 Å². The summed E-state index contributed by atoms with van der Waals surface area (Å²) in [4.78, 5) is 11.5. The fraction of sp³-hybridized carbons (Fsp3) is 0.833. The van der Waals surface area contributed by atoms with Gasteiger partial charge in [-0.15, -0.1) is 0 Å².